The fourth-order valence-corrected chi connectivity index (χ4v) is 3.30. The molecular formula is C10H18N4O3S. The number of aromatic nitrogens is 2. The van der Waals surface area contributed by atoms with Crippen LogP contribution in [0, 0.1) is 0 Å². The molecule has 0 bridgehead atoms. The van der Waals surface area contributed by atoms with Crippen LogP contribution < -0.4 is 0 Å². The Bertz CT molecular complexity index is 471. The molecule has 18 heavy (non-hydrogen) atoms. The second-order valence-corrected chi connectivity index (χ2v) is 6.44. The highest BCUT2D eigenvalue weighted by Crippen LogP contribution is 2.16. The lowest BCUT2D eigenvalue weighted by molar-refractivity contribution is -0.0132. The van der Waals surface area contributed by atoms with Crippen molar-refractivity contribution in [1.82, 2.24) is 19.2 Å². The number of nitrogens with zero attached hydrogens (tertiary/aromatic N) is 3. The van der Waals surface area contributed by atoms with Gasteiger partial charge in [0.1, 0.15) is 0 Å². The van der Waals surface area contributed by atoms with Crippen molar-refractivity contribution in [3.8, 4) is 0 Å². The molecule has 0 aromatic carbocycles. The Morgan fingerprint density at radius 3 is 3.00 bits per heavy atom. The number of likely N-dealkylation sites (N-methyl/N-ethyl adjacent to an activating group) is 1. The van der Waals surface area contributed by atoms with Gasteiger partial charge in [0, 0.05) is 19.6 Å². The topological polar surface area (TPSA) is 78.5 Å². The highest BCUT2D eigenvalue weighted by atomic mass is 32.2. The predicted octanol–water partition coefficient (Wildman–Crippen LogP) is -0.639. The van der Waals surface area contributed by atoms with Crippen LogP contribution in [0.25, 0.3) is 0 Å². The van der Waals surface area contributed by atoms with E-state index >= 15 is 0 Å². The van der Waals surface area contributed by atoms with E-state index in [9.17, 15) is 8.42 Å². The Kier molecular flexibility index (Phi) is 4.00. The van der Waals surface area contributed by atoms with Gasteiger partial charge in [0.25, 0.3) is 10.0 Å². The van der Waals surface area contributed by atoms with Gasteiger partial charge in [0.05, 0.1) is 25.2 Å². The highest BCUT2D eigenvalue weighted by Gasteiger charge is 2.31. The average molecular weight is 274 g/mol. The molecule has 1 aliphatic heterocycles. The van der Waals surface area contributed by atoms with E-state index < -0.39 is 10.0 Å². The van der Waals surface area contributed by atoms with Crippen molar-refractivity contribution in [1.29, 1.82) is 0 Å². The summed E-state index contributed by atoms with van der Waals surface area (Å²) in [5.41, 5.74) is 0. The number of morpholine rings is 1. The van der Waals surface area contributed by atoms with Gasteiger partial charge in [-0.2, -0.15) is 4.31 Å². The number of imidazole rings is 1. The Labute approximate surface area is 107 Å². The zero-order valence-electron chi connectivity index (χ0n) is 10.5. The molecule has 2 heterocycles. The van der Waals surface area contributed by atoms with E-state index in [-0.39, 0.29) is 11.1 Å². The van der Waals surface area contributed by atoms with Crippen LogP contribution >= 0.6 is 0 Å². The van der Waals surface area contributed by atoms with Crippen LogP contribution in [0.3, 0.4) is 0 Å². The number of hydrogen-bond donors (Lipinski definition) is 1. The minimum absolute atomic E-state index is 0.0913. The molecule has 0 aliphatic carbocycles. The summed E-state index contributed by atoms with van der Waals surface area (Å²) in [5, 5.41) is 0.132. The van der Waals surface area contributed by atoms with Crippen LogP contribution in [0.5, 0.6) is 0 Å². The summed E-state index contributed by atoms with van der Waals surface area (Å²) in [7, 11) is 0.402. The predicted molar refractivity (Wildman–Crippen MR) is 65.6 cm³/mol. The first-order valence-corrected chi connectivity index (χ1v) is 7.19. The molecule has 0 saturated carbocycles. The Balaban J connectivity index is 2.09. The Hall–Kier alpha value is -0.960. The molecule has 1 unspecified atom stereocenters. The molecule has 1 fully saturated rings. The monoisotopic (exact) mass is 274 g/mol. The lowest BCUT2D eigenvalue weighted by atomic mass is 10.3. The molecule has 7 nitrogen and oxygen atoms in total. The summed E-state index contributed by atoms with van der Waals surface area (Å²) >= 11 is 0. The Morgan fingerprint density at radius 2 is 2.39 bits per heavy atom. The second kappa shape index (κ2) is 5.35. The van der Waals surface area contributed by atoms with Crippen LogP contribution in [0.1, 0.15) is 0 Å². The lowest BCUT2D eigenvalue weighted by Crippen LogP contribution is -2.48. The van der Waals surface area contributed by atoms with Crippen LogP contribution in [-0.4, -0.2) is 74.0 Å². The van der Waals surface area contributed by atoms with E-state index in [1.807, 2.05) is 19.0 Å². The molecule has 1 atom stereocenters. The van der Waals surface area contributed by atoms with E-state index in [0.717, 1.165) is 0 Å². The van der Waals surface area contributed by atoms with Gasteiger partial charge in [-0.3, -0.25) is 0 Å². The molecule has 2 rings (SSSR count). The summed E-state index contributed by atoms with van der Waals surface area (Å²) in [6, 6.07) is 0. The highest BCUT2D eigenvalue weighted by molar-refractivity contribution is 7.89. The van der Waals surface area contributed by atoms with Gasteiger partial charge in [-0.05, 0) is 14.1 Å². The summed E-state index contributed by atoms with van der Waals surface area (Å²) < 4.78 is 31.5. The third kappa shape index (κ3) is 2.89. The van der Waals surface area contributed by atoms with Crippen molar-refractivity contribution < 1.29 is 13.2 Å². The van der Waals surface area contributed by atoms with Crippen molar-refractivity contribution in [2.45, 2.75) is 11.1 Å². The van der Waals surface area contributed by atoms with Gasteiger partial charge < -0.3 is 14.6 Å². The summed E-state index contributed by atoms with van der Waals surface area (Å²) in [6.07, 6.45) is 2.60. The number of nitrogens with one attached hydrogen (secondary N) is 1. The van der Waals surface area contributed by atoms with Gasteiger partial charge in [-0.25, -0.2) is 13.4 Å². The minimum Gasteiger partial charge on any atom is -0.374 e. The number of sulfonamides is 1. The summed E-state index contributed by atoms with van der Waals surface area (Å²) in [6.45, 7) is 1.88. The average Bonchev–Trinajstić information content (AvgIpc) is 2.82. The van der Waals surface area contributed by atoms with Crippen molar-refractivity contribution in [3.63, 3.8) is 0 Å². The minimum atomic E-state index is -3.47. The zero-order chi connectivity index (χ0) is 13.2. The number of ether oxygens (including phenoxy) is 1. The maximum atomic E-state index is 12.3. The second-order valence-electron chi connectivity index (χ2n) is 4.53. The fraction of sp³-hybridized carbons (Fsp3) is 0.700. The van der Waals surface area contributed by atoms with Crippen LogP contribution in [0.15, 0.2) is 17.6 Å². The van der Waals surface area contributed by atoms with Gasteiger partial charge in [-0.1, -0.05) is 0 Å². The van der Waals surface area contributed by atoms with E-state index in [2.05, 4.69) is 9.97 Å². The number of rotatable bonds is 4. The number of H-pyrrole nitrogens is 1. The van der Waals surface area contributed by atoms with Crippen LogP contribution in [0.2, 0.25) is 0 Å². The van der Waals surface area contributed by atoms with Crippen molar-refractivity contribution >= 4 is 10.0 Å². The van der Waals surface area contributed by atoms with Gasteiger partial charge in [-0.15, -0.1) is 0 Å². The summed E-state index contributed by atoms with van der Waals surface area (Å²) in [4.78, 5) is 8.37. The largest absolute Gasteiger partial charge is 0.374 e. The molecule has 102 valence electrons. The smallest absolute Gasteiger partial charge is 0.260 e. The molecule has 1 aromatic heterocycles. The molecule has 0 amide bonds. The normalized spacial score (nSPS) is 22.5. The van der Waals surface area contributed by atoms with Crippen molar-refractivity contribution in [3.05, 3.63) is 12.5 Å². The Morgan fingerprint density at radius 1 is 1.61 bits per heavy atom. The van der Waals surface area contributed by atoms with Crippen LogP contribution in [0.4, 0.5) is 0 Å². The lowest BCUT2D eigenvalue weighted by Gasteiger charge is -2.32. The fourth-order valence-electron chi connectivity index (χ4n) is 1.95. The molecule has 1 saturated heterocycles. The van der Waals surface area contributed by atoms with E-state index in [0.29, 0.717) is 26.2 Å². The third-order valence-electron chi connectivity index (χ3n) is 2.76. The quantitative estimate of drug-likeness (QED) is 0.790. The van der Waals surface area contributed by atoms with E-state index in [1.54, 1.807) is 0 Å². The number of aromatic amines is 1. The zero-order valence-corrected chi connectivity index (χ0v) is 11.4. The molecule has 1 aromatic rings. The molecule has 0 radical (unpaired) electrons. The summed E-state index contributed by atoms with van der Waals surface area (Å²) in [5.74, 6) is 0. The molecule has 1 aliphatic rings. The standard InChI is InChI=1S/C10H18N4O3S/c1-13(2)6-9-7-14(3-4-17-9)18(15,16)10-5-11-8-12-10/h5,8-9H,3-4,6-7H2,1-2H3,(H,11,12). The van der Waals surface area contributed by atoms with E-state index in [1.165, 1.54) is 16.8 Å². The van der Waals surface area contributed by atoms with Gasteiger partial charge in [0.15, 0.2) is 5.03 Å². The van der Waals surface area contributed by atoms with Gasteiger partial charge >= 0.3 is 0 Å². The third-order valence-corrected chi connectivity index (χ3v) is 4.55. The maximum absolute atomic E-state index is 12.3. The maximum Gasteiger partial charge on any atom is 0.260 e. The van der Waals surface area contributed by atoms with E-state index in [4.69, 9.17) is 4.74 Å². The molecule has 1 N–H and O–H groups in total. The van der Waals surface area contributed by atoms with Crippen LogP contribution in [-0.2, 0) is 14.8 Å². The molecule has 8 heteroatoms. The number of hydrogen-bond acceptors (Lipinski definition) is 5. The first-order chi connectivity index (χ1) is 8.50. The first-order valence-electron chi connectivity index (χ1n) is 5.75. The SMILES string of the molecule is CN(C)CC1CN(S(=O)(=O)c2cnc[nH]2)CCO1. The van der Waals surface area contributed by atoms with Gasteiger partial charge in [0.2, 0.25) is 0 Å². The molecular weight excluding hydrogens is 256 g/mol. The van der Waals surface area contributed by atoms with Crippen molar-refractivity contribution in [2.75, 3.05) is 40.3 Å². The first kappa shape index (κ1) is 13.5. The molecule has 0 spiro atoms. The van der Waals surface area contributed by atoms with Crippen molar-refractivity contribution in [2.24, 2.45) is 0 Å².